The van der Waals surface area contributed by atoms with Crippen LogP contribution in [0.4, 0.5) is 0 Å². The van der Waals surface area contributed by atoms with Gasteiger partial charge in [-0.2, -0.15) is 0 Å². The molecule has 6 heteroatoms. The molecule has 4 aliphatic rings. The first-order valence-corrected chi connectivity index (χ1v) is 8.85. The highest BCUT2D eigenvalue weighted by molar-refractivity contribution is 5.66. The minimum Gasteiger partial charge on any atom is -0.459 e. The van der Waals surface area contributed by atoms with E-state index in [1.807, 2.05) is 0 Å². The molecule has 2 heterocycles. The standard InChI is InChI=1S/C18H28O6/c1-8(19)23-10-7-17(4,21)12-14-11(13(20)15(12)22-5)9-6-16(2,3)18(9,10)24-14/h9-15,20-21H,6-7H2,1-5H3/t9-,10+,11+,12-,13-,14+,15-,17-,18-/m0/s1. The molecule has 0 radical (unpaired) electrons. The van der Waals surface area contributed by atoms with E-state index in [9.17, 15) is 15.0 Å². The van der Waals surface area contributed by atoms with Gasteiger partial charge in [-0.05, 0) is 18.8 Å². The number of carbonyl (C=O) groups excluding carboxylic acids is 1. The number of esters is 1. The Labute approximate surface area is 142 Å². The highest BCUT2D eigenvalue weighted by Crippen LogP contribution is 2.72. The van der Waals surface area contributed by atoms with Crippen molar-refractivity contribution in [1.29, 1.82) is 0 Å². The fourth-order valence-corrected chi connectivity index (χ4v) is 6.53. The highest BCUT2D eigenvalue weighted by atomic mass is 16.6. The number of rotatable bonds is 2. The monoisotopic (exact) mass is 340 g/mol. The molecule has 2 aliphatic heterocycles. The van der Waals surface area contributed by atoms with Gasteiger partial charge < -0.3 is 24.4 Å². The number of fused-ring (bicyclic) bond motifs is 1. The first kappa shape index (κ1) is 16.8. The predicted molar refractivity (Wildman–Crippen MR) is 84.1 cm³/mol. The van der Waals surface area contributed by atoms with E-state index in [1.54, 1.807) is 14.0 Å². The smallest absolute Gasteiger partial charge is 0.303 e. The van der Waals surface area contributed by atoms with Crippen LogP contribution in [0.5, 0.6) is 0 Å². The number of aliphatic hydroxyl groups is 2. The van der Waals surface area contributed by atoms with Crippen LogP contribution in [0, 0.1) is 23.2 Å². The third-order valence-electron chi connectivity index (χ3n) is 7.33. The summed E-state index contributed by atoms with van der Waals surface area (Å²) in [5.74, 6) is -0.661. The van der Waals surface area contributed by atoms with Gasteiger partial charge in [-0.3, -0.25) is 4.79 Å². The molecule has 24 heavy (non-hydrogen) atoms. The summed E-state index contributed by atoms with van der Waals surface area (Å²) in [5.41, 5.74) is -1.94. The van der Waals surface area contributed by atoms with Crippen LogP contribution < -0.4 is 0 Å². The number of carbonyl (C=O) groups is 1. The molecule has 0 amide bonds. The van der Waals surface area contributed by atoms with Crippen molar-refractivity contribution in [2.24, 2.45) is 23.2 Å². The molecule has 2 saturated carbocycles. The van der Waals surface area contributed by atoms with Crippen molar-refractivity contribution in [1.82, 2.24) is 0 Å². The number of hydrogen-bond acceptors (Lipinski definition) is 6. The minimum absolute atomic E-state index is 0.0854. The second-order valence-corrected chi connectivity index (χ2v) is 9.02. The molecule has 9 atom stereocenters. The molecule has 0 unspecified atom stereocenters. The Hall–Kier alpha value is -0.690. The lowest BCUT2D eigenvalue weighted by Crippen LogP contribution is -2.68. The van der Waals surface area contributed by atoms with Gasteiger partial charge in [0, 0.05) is 38.2 Å². The summed E-state index contributed by atoms with van der Waals surface area (Å²) >= 11 is 0. The molecule has 4 rings (SSSR count). The van der Waals surface area contributed by atoms with Gasteiger partial charge in [-0.25, -0.2) is 0 Å². The summed E-state index contributed by atoms with van der Waals surface area (Å²) in [6.45, 7) is 7.38. The fraction of sp³-hybridized carbons (Fsp3) is 0.944. The maximum absolute atomic E-state index is 11.7. The topological polar surface area (TPSA) is 85.2 Å². The van der Waals surface area contributed by atoms with Crippen molar-refractivity contribution in [3.63, 3.8) is 0 Å². The largest absolute Gasteiger partial charge is 0.459 e. The summed E-state index contributed by atoms with van der Waals surface area (Å²) in [6, 6.07) is 0. The third-order valence-corrected chi connectivity index (χ3v) is 7.33. The van der Waals surface area contributed by atoms with E-state index in [0.717, 1.165) is 6.42 Å². The first-order chi connectivity index (χ1) is 11.1. The van der Waals surface area contributed by atoms with Crippen molar-refractivity contribution in [3.8, 4) is 0 Å². The van der Waals surface area contributed by atoms with Gasteiger partial charge in [0.1, 0.15) is 11.7 Å². The van der Waals surface area contributed by atoms with E-state index >= 15 is 0 Å². The fourth-order valence-electron chi connectivity index (χ4n) is 6.53. The molecule has 2 aliphatic carbocycles. The van der Waals surface area contributed by atoms with E-state index in [0.29, 0.717) is 6.42 Å². The van der Waals surface area contributed by atoms with Gasteiger partial charge in [-0.15, -0.1) is 0 Å². The molecule has 1 spiro atoms. The summed E-state index contributed by atoms with van der Waals surface area (Å²) < 4.78 is 17.8. The van der Waals surface area contributed by atoms with Crippen molar-refractivity contribution in [2.75, 3.05) is 7.11 Å². The average Bonchev–Trinajstić information content (AvgIpc) is 2.84. The van der Waals surface area contributed by atoms with Crippen molar-refractivity contribution < 1.29 is 29.2 Å². The van der Waals surface area contributed by atoms with E-state index in [-0.39, 0.29) is 35.2 Å². The van der Waals surface area contributed by atoms with E-state index < -0.39 is 29.5 Å². The van der Waals surface area contributed by atoms with Gasteiger partial charge in [0.15, 0.2) is 0 Å². The number of ether oxygens (including phenoxy) is 3. The van der Waals surface area contributed by atoms with E-state index in [1.165, 1.54) is 6.92 Å². The molecule has 6 nitrogen and oxygen atoms in total. The van der Waals surface area contributed by atoms with Gasteiger partial charge in [0.25, 0.3) is 0 Å². The Morgan fingerprint density at radius 2 is 1.92 bits per heavy atom. The van der Waals surface area contributed by atoms with Crippen molar-refractivity contribution in [2.45, 2.75) is 76.2 Å². The van der Waals surface area contributed by atoms with Crippen LogP contribution in [0.15, 0.2) is 0 Å². The van der Waals surface area contributed by atoms with Crippen LogP contribution in [-0.4, -0.2) is 58.9 Å². The molecule has 136 valence electrons. The maximum atomic E-state index is 11.7. The number of hydrogen-bond donors (Lipinski definition) is 2. The van der Waals surface area contributed by atoms with Crippen LogP contribution in [0.1, 0.15) is 40.5 Å². The van der Waals surface area contributed by atoms with Gasteiger partial charge in [0.2, 0.25) is 0 Å². The molecular formula is C18H28O6. The van der Waals surface area contributed by atoms with Crippen LogP contribution >= 0.6 is 0 Å². The SMILES string of the molecule is CO[C@@H]1[C@@H](O)[C@@H]2[C@H]3O[C@]4([C@H](OC(C)=O)C[C@](C)(O)[C@H]13)[C@H]2CC4(C)C. The zero-order valence-corrected chi connectivity index (χ0v) is 15.0. The van der Waals surface area contributed by atoms with Crippen LogP contribution in [-0.2, 0) is 19.0 Å². The van der Waals surface area contributed by atoms with E-state index in [2.05, 4.69) is 13.8 Å². The minimum atomic E-state index is -1.14. The number of aliphatic hydroxyl groups excluding tert-OH is 1. The molecular weight excluding hydrogens is 312 g/mol. The maximum Gasteiger partial charge on any atom is 0.303 e. The Morgan fingerprint density at radius 3 is 2.46 bits per heavy atom. The summed E-state index contributed by atoms with van der Waals surface area (Å²) in [4.78, 5) is 11.7. The van der Waals surface area contributed by atoms with Gasteiger partial charge in [-0.1, -0.05) is 13.8 Å². The molecule has 0 aromatic heterocycles. The van der Waals surface area contributed by atoms with Gasteiger partial charge in [0.05, 0.1) is 23.9 Å². The molecule has 4 fully saturated rings. The molecule has 2 saturated heterocycles. The van der Waals surface area contributed by atoms with Crippen LogP contribution in [0.25, 0.3) is 0 Å². The van der Waals surface area contributed by atoms with Crippen LogP contribution in [0.2, 0.25) is 0 Å². The summed E-state index contributed by atoms with van der Waals surface area (Å²) in [5, 5.41) is 22.1. The highest BCUT2D eigenvalue weighted by Gasteiger charge is 2.81. The lowest BCUT2D eigenvalue weighted by Gasteiger charge is -2.61. The average molecular weight is 340 g/mol. The summed E-state index contributed by atoms with van der Waals surface area (Å²) in [7, 11) is 1.57. The zero-order chi connectivity index (χ0) is 17.7. The van der Waals surface area contributed by atoms with Crippen molar-refractivity contribution >= 4 is 5.97 Å². The second-order valence-electron chi connectivity index (χ2n) is 9.02. The summed E-state index contributed by atoms with van der Waals surface area (Å²) in [6.07, 6.45) is -0.712. The molecule has 2 N–H and O–H groups in total. The Kier molecular flexibility index (Phi) is 3.30. The number of methoxy groups -OCH3 is 1. The quantitative estimate of drug-likeness (QED) is 0.726. The van der Waals surface area contributed by atoms with Gasteiger partial charge >= 0.3 is 5.97 Å². The lowest BCUT2D eigenvalue weighted by molar-refractivity contribution is -0.258. The molecule has 0 aromatic carbocycles. The Balaban J connectivity index is 1.84. The third kappa shape index (κ3) is 1.73. The van der Waals surface area contributed by atoms with E-state index in [4.69, 9.17) is 14.2 Å². The normalized spacial score (nSPS) is 57.0. The second kappa shape index (κ2) is 4.72. The molecule has 0 aromatic rings. The molecule has 2 bridgehead atoms. The Bertz CT molecular complexity index is 572. The van der Waals surface area contributed by atoms with Crippen LogP contribution in [0.3, 0.4) is 0 Å². The van der Waals surface area contributed by atoms with Crippen molar-refractivity contribution in [3.05, 3.63) is 0 Å². The Morgan fingerprint density at radius 1 is 1.25 bits per heavy atom. The first-order valence-electron chi connectivity index (χ1n) is 8.85. The lowest BCUT2D eigenvalue weighted by atomic mass is 9.47. The predicted octanol–water partition coefficient (Wildman–Crippen LogP) is 0.878. The zero-order valence-electron chi connectivity index (χ0n) is 15.0.